The van der Waals surface area contributed by atoms with Crippen LogP contribution in [0.2, 0.25) is 0 Å². The molecule has 26 heavy (non-hydrogen) atoms. The van der Waals surface area contributed by atoms with Crippen LogP contribution in [-0.2, 0) is 9.53 Å². The molecule has 2 N–H and O–H groups in total. The normalized spacial score (nSPS) is 13.1. The molecule has 7 nitrogen and oxygen atoms in total. The number of ether oxygens (including phenoxy) is 1. The van der Waals surface area contributed by atoms with Crippen LogP contribution in [0, 0.1) is 0 Å². The summed E-state index contributed by atoms with van der Waals surface area (Å²) in [7, 11) is 0. The zero-order valence-corrected chi connectivity index (χ0v) is 14.4. The lowest BCUT2D eigenvalue weighted by atomic mass is 10.2. The van der Waals surface area contributed by atoms with E-state index in [9.17, 15) is 9.59 Å². The topological polar surface area (TPSA) is 92.7 Å². The van der Waals surface area contributed by atoms with Crippen LogP contribution in [0.15, 0.2) is 64.9 Å². The Kier molecular flexibility index (Phi) is 5.07. The van der Waals surface area contributed by atoms with E-state index in [1.54, 1.807) is 38.1 Å². The first-order valence-corrected chi connectivity index (χ1v) is 8.15. The first kappa shape index (κ1) is 17.3. The molecule has 1 aromatic carbocycles. The summed E-state index contributed by atoms with van der Waals surface area (Å²) < 4.78 is 5.14. The van der Waals surface area contributed by atoms with Crippen molar-refractivity contribution in [1.82, 2.24) is 10.3 Å². The molecule has 0 saturated carbocycles. The first-order chi connectivity index (χ1) is 12.6. The molecule has 0 unspecified atom stereocenters. The maximum Gasteiger partial charge on any atom is 0.343 e. The van der Waals surface area contributed by atoms with E-state index >= 15 is 0 Å². The van der Waals surface area contributed by atoms with Gasteiger partial charge in [-0.1, -0.05) is 18.2 Å². The summed E-state index contributed by atoms with van der Waals surface area (Å²) in [6.45, 7) is 3.66. The molecule has 3 rings (SSSR count). The predicted octanol–water partition coefficient (Wildman–Crippen LogP) is 2.80. The molecular weight excluding hydrogens is 332 g/mol. The van der Waals surface area contributed by atoms with Crippen LogP contribution in [0.4, 0.5) is 11.4 Å². The minimum Gasteiger partial charge on any atom is -0.462 e. The van der Waals surface area contributed by atoms with Gasteiger partial charge in [-0.15, -0.1) is 0 Å². The summed E-state index contributed by atoms with van der Waals surface area (Å²) >= 11 is 0. The van der Waals surface area contributed by atoms with Crippen LogP contribution in [0.25, 0.3) is 0 Å². The number of nitrogens with one attached hydrogen (secondary N) is 2. The number of benzene rings is 1. The maximum atomic E-state index is 12.5. The number of amidine groups is 1. The van der Waals surface area contributed by atoms with Crippen molar-refractivity contribution in [3.05, 3.63) is 65.6 Å². The number of nitrogens with zero attached hydrogens (tertiary/aromatic N) is 2. The van der Waals surface area contributed by atoms with Gasteiger partial charge in [-0.25, -0.2) is 9.79 Å². The van der Waals surface area contributed by atoms with Gasteiger partial charge in [0.05, 0.1) is 18.0 Å². The number of aromatic nitrogens is 1. The lowest BCUT2D eigenvalue weighted by Crippen LogP contribution is -2.35. The number of hydrogen-bond acceptors (Lipinski definition) is 6. The van der Waals surface area contributed by atoms with Gasteiger partial charge in [0.2, 0.25) is 0 Å². The molecule has 0 bridgehead atoms. The standard InChI is InChI=1S/C19H18N4O3/c1-3-26-19(25)16-12(2)21-13-8-4-5-9-14(13)22-17(16)23-18(24)15-10-6-7-11-20-15/h4-11,21H,3H2,1-2H3,(H,22,23,24). The van der Waals surface area contributed by atoms with E-state index in [0.29, 0.717) is 11.4 Å². The molecule has 0 radical (unpaired) electrons. The lowest BCUT2D eigenvalue weighted by Gasteiger charge is -2.13. The molecule has 132 valence electrons. The maximum absolute atomic E-state index is 12.5. The monoisotopic (exact) mass is 350 g/mol. The van der Waals surface area contributed by atoms with Crippen molar-refractivity contribution in [2.45, 2.75) is 13.8 Å². The Morgan fingerprint density at radius 3 is 2.65 bits per heavy atom. The second-order valence-electron chi connectivity index (χ2n) is 5.49. The number of esters is 1. The van der Waals surface area contributed by atoms with Gasteiger partial charge in [-0.2, -0.15) is 0 Å². The summed E-state index contributed by atoms with van der Waals surface area (Å²) in [5, 5.41) is 5.84. The lowest BCUT2D eigenvalue weighted by molar-refractivity contribution is -0.137. The van der Waals surface area contributed by atoms with Crippen molar-refractivity contribution in [3.8, 4) is 0 Å². The second kappa shape index (κ2) is 7.60. The number of carbonyl (C=O) groups excluding carboxylic acids is 2. The summed E-state index contributed by atoms with van der Waals surface area (Å²) in [5.41, 5.74) is 2.26. The smallest absolute Gasteiger partial charge is 0.343 e. The van der Waals surface area contributed by atoms with Gasteiger partial charge < -0.3 is 15.4 Å². The number of carbonyl (C=O) groups is 2. The SMILES string of the molecule is CCOC(=O)C1=C(C)Nc2ccccc2N=C1NC(=O)c1ccccn1. The van der Waals surface area contributed by atoms with Gasteiger partial charge in [0.25, 0.3) is 5.91 Å². The second-order valence-corrected chi connectivity index (χ2v) is 5.49. The highest BCUT2D eigenvalue weighted by Gasteiger charge is 2.26. The van der Waals surface area contributed by atoms with E-state index in [1.165, 1.54) is 6.20 Å². The molecule has 7 heteroatoms. The molecule has 0 aliphatic carbocycles. The molecule has 1 amide bonds. The average molecular weight is 350 g/mol. The predicted molar refractivity (Wildman–Crippen MR) is 98.2 cm³/mol. The third-order valence-corrected chi connectivity index (χ3v) is 3.68. The number of amides is 1. The van der Waals surface area contributed by atoms with Crippen molar-refractivity contribution in [1.29, 1.82) is 0 Å². The van der Waals surface area contributed by atoms with Crippen LogP contribution in [0.3, 0.4) is 0 Å². The number of fused-ring (bicyclic) bond motifs is 1. The van der Waals surface area contributed by atoms with Crippen molar-refractivity contribution in [2.24, 2.45) is 4.99 Å². The van der Waals surface area contributed by atoms with E-state index in [4.69, 9.17) is 4.74 Å². The van der Waals surface area contributed by atoms with Crippen LogP contribution in [0.1, 0.15) is 24.3 Å². The Balaban J connectivity index is 2.04. The molecule has 0 fully saturated rings. The minimum absolute atomic E-state index is 0.119. The number of rotatable bonds is 3. The summed E-state index contributed by atoms with van der Waals surface area (Å²) in [4.78, 5) is 33.5. The molecule has 2 heterocycles. The third-order valence-electron chi connectivity index (χ3n) is 3.68. The van der Waals surface area contributed by atoms with E-state index < -0.39 is 11.9 Å². The quantitative estimate of drug-likeness (QED) is 0.831. The fourth-order valence-electron chi connectivity index (χ4n) is 2.51. The number of anilines is 1. The number of pyridine rings is 1. The zero-order chi connectivity index (χ0) is 18.5. The highest BCUT2D eigenvalue weighted by atomic mass is 16.5. The highest BCUT2D eigenvalue weighted by Crippen LogP contribution is 2.30. The summed E-state index contributed by atoms with van der Waals surface area (Å²) in [6.07, 6.45) is 1.52. The molecule has 1 aromatic heterocycles. The first-order valence-electron chi connectivity index (χ1n) is 8.15. The fraction of sp³-hybridized carbons (Fsp3) is 0.158. The van der Waals surface area contributed by atoms with Crippen molar-refractivity contribution >= 4 is 29.1 Å². The van der Waals surface area contributed by atoms with Gasteiger partial charge in [0.15, 0.2) is 0 Å². The van der Waals surface area contributed by atoms with Gasteiger partial charge >= 0.3 is 5.97 Å². The molecule has 1 aliphatic heterocycles. The highest BCUT2D eigenvalue weighted by molar-refractivity contribution is 6.25. The van der Waals surface area contributed by atoms with E-state index in [-0.39, 0.29) is 23.7 Å². The summed E-state index contributed by atoms with van der Waals surface area (Å²) in [5.74, 6) is -0.905. The molecule has 0 atom stereocenters. The van der Waals surface area contributed by atoms with Crippen LogP contribution >= 0.6 is 0 Å². The van der Waals surface area contributed by atoms with Crippen LogP contribution in [-0.4, -0.2) is 29.3 Å². The Hall–Kier alpha value is -3.48. The van der Waals surface area contributed by atoms with Crippen molar-refractivity contribution in [2.75, 3.05) is 11.9 Å². The number of hydrogen-bond donors (Lipinski definition) is 2. The van der Waals surface area contributed by atoms with E-state index in [2.05, 4.69) is 20.6 Å². The Labute approximate surface area is 150 Å². The Morgan fingerprint density at radius 1 is 1.15 bits per heavy atom. The Bertz CT molecular complexity index is 904. The van der Waals surface area contributed by atoms with Crippen LogP contribution in [0.5, 0.6) is 0 Å². The molecule has 0 spiro atoms. The average Bonchev–Trinajstić information content (AvgIpc) is 2.77. The van der Waals surface area contributed by atoms with Crippen molar-refractivity contribution in [3.63, 3.8) is 0 Å². The van der Waals surface area contributed by atoms with E-state index in [1.807, 2.05) is 18.2 Å². The molecular formula is C19H18N4O3. The Morgan fingerprint density at radius 2 is 1.92 bits per heavy atom. The molecule has 1 aliphatic rings. The summed E-state index contributed by atoms with van der Waals surface area (Å²) in [6, 6.07) is 12.3. The fourth-order valence-corrected chi connectivity index (χ4v) is 2.51. The largest absolute Gasteiger partial charge is 0.462 e. The molecule has 0 saturated heterocycles. The van der Waals surface area contributed by atoms with Gasteiger partial charge in [0, 0.05) is 11.9 Å². The number of para-hydroxylation sites is 2. The third kappa shape index (κ3) is 3.61. The minimum atomic E-state index is -0.564. The van der Waals surface area contributed by atoms with E-state index in [0.717, 1.165) is 5.69 Å². The van der Waals surface area contributed by atoms with Gasteiger partial charge in [0.1, 0.15) is 17.1 Å². The number of aliphatic imine (C=N–C) groups is 1. The zero-order valence-electron chi connectivity index (χ0n) is 14.4. The van der Waals surface area contributed by atoms with Crippen molar-refractivity contribution < 1.29 is 14.3 Å². The van der Waals surface area contributed by atoms with Gasteiger partial charge in [-0.05, 0) is 38.1 Å². The van der Waals surface area contributed by atoms with Gasteiger partial charge in [-0.3, -0.25) is 9.78 Å². The molecule has 2 aromatic rings. The van der Waals surface area contributed by atoms with Crippen LogP contribution < -0.4 is 10.6 Å². The number of allylic oxidation sites excluding steroid dienone is 1.